The van der Waals surface area contributed by atoms with Crippen molar-refractivity contribution >= 4 is 5.69 Å². The third kappa shape index (κ3) is 3.08. The minimum Gasteiger partial charge on any atom is -0.487 e. The lowest BCUT2D eigenvalue weighted by atomic mass is 10.3. The zero-order chi connectivity index (χ0) is 13.8. The molecule has 106 valence electrons. The van der Waals surface area contributed by atoms with Crippen LogP contribution in [0.15, 0.2) is 30.9 Å². The van der Waals surface area contributed by atoms with Gasteiger partial charge in [0.2, 0.25) is 0 Å². The van der Waals surface area contributed by atoms with Crippen molar-refractivity contribution in [3.05, 3.63) is 36.4 Å². The summed E-state index contributed by atoms with van der Waals surface area (Å²) in [5.41, 5.74) is 2.18. The Morgan fingerprint density at radius 1 is 1.25 bits per heavy atom. The summed E-state index contributed by atoms with van der Waals surface area (Å²) in [6.45, 7) is 4.56. The molecule has 6 heteroatoms. The highest BCUT2D eigenvalue weighted by Gasteiger charge is 2.11. The number of piperazine rings is 1. The maximum Gasteiger partial charge on any atom is 0.140 e. The van der Waals surface area contributed by atoms with Crippen molar-refractivity contribution in [3.8, 4) is 5.75 Å². The van der Waals surface area contributed by atoms with Gasteiger partial charge in [0.25, 0.3) is 0 Å². The number of pyridine rings is 1. The highest BCUT2D eigenvalue weighted by Crippen LogP contribution is 2.20. The molecule has 0 unspecified atom stereocenters. The number of anilines is 1. The van der Waals surface area contributed by atoms with Crippen LogP contribution in [-0.2, 0) is 13.7 Å². The summed E-state index contributed by atoms with van der Waals surface area (Å²) in [5, 5.41) is 7.47. The van der Waals surface area contributed by atoms with Crippen molar-refractivity contribution in [1.29, 1.82) is 0 Å². The fourth-order valence-corrected chi connectivity index (χ4v) is 2.30. The Morgan fingerprint density at radius 3 is 2.85 bits per heavy atom. The Bertz CT molecular complexity index is 562. The predicted octanol–water partition coefficient (Wildman–Crippen LogP) is 0.804. The highest BCUT2D eigenvalue weighted by molar-refractivity contribution is 5.48. The van der Waals surface area contributed by atoms with E-state index < -0.39 is 0 Å². The number of hydrogen-bond acceptors (Lipinski definition) is 5. The lowest BCUT2D eigenvalue weighted by molar-refractivity contribution is 0.305. The summed E-state index contributed by atoms with van der Waals surface area (Å²) < 4.78 is 7.55. The second kappa shape index (κ2) is 5.92. The lowest BCUT2D eigenvalue weighted by Gasteiger charge is -2.29. The van der Waals surface area contributed by atoms with E-state index in [0.29, 0.717) is 6.61 Å². The Labute approximate surface area is 118 Å². The highest BCUT2D eigenvalue weighted by atomic mass is 16.5. The lowest BCUT2D eigenvalue weighted by Crippen LogP contribution is -2.43. The van der Waals surface area contributed by atoms with Crippen LogP contribution in [0.4, 0.5) is 5.69 Å². The minimum atomic E-state index is 0.514. The third-order valence-electron chi connectivity index (χ3n) is 3.34. The molecule has 0 amide bonds. The minimum absolute atomic E-state index is 0.514. The number of nitrogens with one attached hydrogen (secondary N) is 1. The Kier molecular flexibility index (Phi) is 3.83. The zero-order valence-corrected chi connectivity index (χ0v) is 11.6. The molecule has 0 radical (unpaired) electrons. The molecule has 0 atom stereocenters. The average molecular weight is 273 g/mol. The summed E-state index contributed by atoms with van der Waals surface area (Å²) in [5.74, 6) is 0.796. The molecule has 1 fully saturated rings. The van der Waals surface area contributed by atoms with Gasteiger partial charge in [-0.3, -0.25) is 9.67 Å². The third-order valence-corrected chi connectivity index (χ3v) is 3.34. The van der Waals surface area contributed by atoms with Gasteiger partial charge < -0.3 is 15.0 Å². The van der Waals surface area contributed by atoms with Crippen LogP contribution in [0.3, 0.4) is 0 Å². The van der Waals surface area contributed by atoms with Crippen molar-refractivity contribution in [2.45, 2.75) is 6.61 Å². The van der Waals surface area contributed by atoms with Crippen molar-refractivity contribution in [2.24, 2.45) is 7.05 Å². The zero-order valence-electron chi connectivity index (χ0n) is 11.6. The quantitative estimate of drug-likeness (QED) is 0.893. The molecule has 0 aromatic carbocycles. The SMILES string of the molecule is Cn1cc(COc2cncc(N3CCNCC3)c2)cn1. The predicted molar refractivity (Wildman–Crippen MR) is 76.9 cm³/mol. The maximum atomic E-state index is 5.78. The van der Waals surface area contributed by atoms with E-state index in [2.05, 4.69) is 26.4 Å². The Morgan fingerprint density at radius 2 is 2.10 bits per heavy atom. The molecule has 1 aliphatic heterocycles. The van der Waals surface area contributed by atoms with Crippen LogP contribution in [0, 0.1) is 0 Å². The van der Waals surface area contributed by atoms with Crippen molar-refractivity contribution in [1.82, 2.24) is 20.1 Å². The number of aromatic nitrogens is 3. The van der Waals surface area contributed by atoms with E-state index in [4.69, 9.17) is 4.74 Å². The molecule has 0 saturated carbocycles. The van der Waals surface area contributed by atoms with E-state index in [-0.39, 0.29) is 0 Å². The van der Waals surface area contributed by atoms with Gasteiger partial charge in [-0.25, -0.2) is 0 Å². The van der Waals surface area contributed by atoms with Crippen molar-refractivity contribution in [2.75, 3.05) is 31.1 Å². The molecule has 3 heterocycles. The second-order valence-electron chi connectivity index (χ2n) is 4.93. The number of nitrogens with zero attached hydrogens (tertiary/aromatic N) is 4. The first-order valence-electron chi connectivity index (χ1n) is 6.82. The van der Waals surface area contributed by atoms with Crippen LogP contribution in [0.2, 0.25) is 0 Å². The van der Waals surface area contributed by atoms with E-state index in [1.807, 2.05) is 25.6 Å². The van der Waals surface area contributed by atoms with Crippen LogP contribution in [0.25, 0.3) is 0 Å². The molecule has 20 heavy (non-hydrogen) atoms. The standard InChI is InChI=1S/C14H19N5O/c1-18-10-12(7-17-18)11-20-14-6-13(8-16-9-14)19-4-2-15-3-5-19/h6-10,15H,2-5,11H2,1H3. The molecule has 6 nitrogen and oxygen atoms in total. The first-order chi connectivity index (χ1) is 9.81. The smallest absolute Gasteiger partial charge is 0.140 e. The summed E-state index contributed by atoms with van der Waals surface area (Å²) in [7, 11) is 1.90. The molecule has 0 aliphatic carbocycles. The normalized spacial score (nSPS) is 15.3. The molecule has 1 N–H and O–H groups in total. The molecule has 0 bridgehead atoms. The van der Waals surface area contributed by atoms with E-state index in [1.54, 1.807) is 10.9 Å². The Balaban J connectivity index is 1.64. The van der Waals surface area contributed by atoms with Gasteiger partial charge in [-0.1, -0.05) is 0 Å². The van der Waals surface area contributed by atoms with Crippen LogP contribution < -0.4 is 15.0 Å². The number of rotatable bonds is 4. The van der Waals surface area contributed by atoms with E-state index >= 15 is 0 Å². The average Bonchev–Trinajstić information content (AvgIpc) is 2.92. The van der Waals surface area contributed by atoms with Gasteiger partial charge in [0, 0.05) is 51.1 Å². The van der Waals surface area contributed by atoms with E-state index in [0.717, 1.165) is 43.2 Å². The monoisotopic (exact) mass is 273 g/mol. The summed E-state index contributed by atoms with van der Waals surface area (Å²) >= 11 is 0. The molecule has 2 aromatic rings. The van der Waals surface area contributed by atoms with Gasteiger partial charge in [0.1, 0.15) is 12.4 Å². The first kappa shape index (κ1) is 12.9. The summed E-state index contributed by atoms with van der Waals surface area (Å²) in [6, 6.07) is 2.05. The van der Waals surface area contributed by atoms with Crippen LogP contribution in [0.5, 0.6) is 5.75 Å². The summed E-state index contributed by atoms with van der Waals surface area (Å²) in [6.07, 6.45) is 7.41. The first-order valence-corrected chi connectivity index (χ1v) is 6.82. The molecule has 2 aromatic heterocycles. The van der Waals surface area contributed by atoms with Crippen LogP contribution in [0.1, 0.15) is 5.56 Å². The topological polar surface area (TPSA) is 55.2 Å². The van der Waals surface area contributed by atoms with E-state index in [1.165, 1.54) is 0 Å². The number of aryl methyl sites for hydroxylation is 1. The van der Waals surface area contributed by atoms with Gasteiger partial charge >= 0.3 is 0 Å². The largest absolute Gasteiger partial charge is 0.487 e. The molecular formula is C14H19N5O. The van der Waals surface area contributed by atoms with Gasteiger partial charge in [0.05, 0.1) is 24.3 Å². The second-order valence-corrected chi connectivity index (χ2v) is 4.93. The number of hydrogen-bond donors (Lipinski definition) is 1. The van der Waals surface area contributed by atoms with Crippen LogP contribution >= 0.6 is 0 Å². The molecule has 0 spiro atoms. The van der Waals surface area contributed by atoms with Crippen molar-refractivity contribution < 1.29 is 4.74 Å². The fourth-order valence-electron chi connectivity index (χ4n) is 2.30. The fraction of sp³-hybridized carbons (Fsp3) is 0.429. The maximum absolute atomic E-state index is 5.78. The molecular weight excluding hydrogens is 254 g/mol. The van der Waals surface area contributed by atoms with Crippen LogP contribution in [-0.4, -0.2) is 40.9 Å². The van der Waals surface area contributed by atoms with E-state index in [9.17, 15) is 0 Å². The Hall–Kier alpha value is -2.08. The molecule has 1 saturated heterocycles. The van der Waals surface area contributed by atoms with Gasteiger partial charge in [-0.05, 0) is 0 Å². The van der Waals surface area contributed by atoms with Crippen molar-refractivity contribution in [3.63, 3.8) is 0 Å². The van der Waals surface area contributed by atoms with Gasteiger partial charge in [0.15, 0.2) is 0 Å². The molecule has 3 rings (SSSR count). The molecule has 1 aliphatic rings. The summed E-state index contributed by atoms with van der Waals surface area (Å²) in [4.78, 5) is 6.59. The van der Waals surface area contributed by atoms with Gasteiger partial charge in [-0.2, -0.15) is 5.10 Å². The van der Waals surface area contributed by atoms with Gasteiger partial charge in [-0.15, -0.1) is 0 Å². The number of ether oxygens (including phenoxy) is 1.